The lowest BCUT2D eigenvalue weighted by Gasteiger charge is -2.09. The fourth-order valence-corrected chi connectivity index (χ4v) is 2.14. The molecule has 130 valence electrons. The summed E-state index contributed by atoms with van der Waals surface area (Å²) >= 11 is 0. The van der Waals surface area contributed by atoms with Crippen LogP contribution < -0.4 is 10.1 Å². The first-order valence-electron chi connectivity index (χ1n) is 7.35. The van der Waals surface area contributed by atoms with Gasteiger partial charge in [-0.3, -0.25) is 25.0 Å². The maximum atomic E-state index is 12.2. The van der Waals surface area contributed by atoms with Crippen LogP contribution in [0.25, 0.3) is 0 Å². The summed E-state index contributed by atoms with van der Waals surface area (Å²) < 4.78 is 5.22. The van der Waals surface area contributed by atoms with Gasteiger partial charge in [0.2, 0.25) is 0 Å². The Hall–Kier alpha value is -3.49. The van der Waals surface area contributed by atoms with E-state index in [0.29, 0.717) is 12.4 Å². The predicted octanol–water partition coefficient (Wildman–Crippen LogP) is 3.20. The SMILES string of the molecule is CCOc1ccc(NCC(=O)c2cccc([N+](=O)[O-])c2)c([N+](=O)[O-])c1. The van der Waals surface area contributed by atoms with Gasteiger partial charge in [0, 0.05) is 17.7 Å². The molecule has 0 saturated carbocycles. The average molecular weight is 345 g/mol. The normalized spacial score (nSPS) is 10.1. The van der Waals surface area contributed by atoms with Gasteiger partial charge in [0.15, 0.2) is 5.78 Å². The molecule has 0 aliphatic heterocycles. The Balaban J connectivity index is 2.15. The van der Waals surface area contributed by atoms with Crippen molar-refractivity contribution in [3.05, 3.63) is 68.3 Å². The lowest BCUT2D eigenvalue weighted by molar-refractivity contribution is -0.384. The Kier molecular flexibility index (Phi) is 5.62. The zero-order chi connectivity index (χ0) is 18.4. The van der Waals surface area contributed by atoms with Crippen LogP contribution in [-0.4, -0.2) is 28.8 Å². The molecule has 9 heteroatoms. The van der Waals surface area contributed by atoms with E-state index in [-0.39, 0.29) is 29.2 Å². The highest BCUT2D eigenvalue weighted by Crippen LogP contribution is 2.29. The highest BCUT2D eigenvalue weighted by Gasteiger charge is 2.17. The zero-order valence-electron chi connectivity index (χ0n) is 13.3. The summed E-state index contributed by atoms with van der Waals surface area (Å²) in [7, 11) is 0. The highest BCUT2D eigenvalue weighted by molar-refractivity contribution is 5.99. The fourth-order valence-electron chi connectivity index (χ4n) is 2.14. The molecule has 0 aliphatic rings. The molecular formula is C16H15N3O6. The number of nitrogens with one attached hydrogen (secondary N) is 1. The molecule has 0 heterocycles. The van der Waals surface area contributed by atoms with Crippen molar-refractivity contribution >= 4 is 22.8 Å². The van der Waals surface area contributed by atoms with Crippen molar-refractivity contribution in [1.29, 1.82) is 0 Å². The highest BCUT2D eigenvalue weighted by atomic mass is 16.6. The molecular weight excluding hydrogens is 330 g/mol. The Morgan fingerprint density at radius 2 is 1.88 bits per heavy atom. The number of benzene rings is 2. The quantitative estimate of drug-likeness (QED) is 0.442. The molecule has 0 bridgehead atoms. The molecule has 0 saturated heterocycles. The van der Waals surface area contributed by atoms with Gasteiger partial charge in [-0.25, -0.2) is 0 Å². The summed E-state index contributed by atoms with van der Waals surface area (Å²) in [5.41, 5.74) is -0.113. The van der Waals surface area contributed by atoms with Crippen molar-refractivity contribution in [2.24, 2.45) is 0 Å². The van der Waals surface area contributed by atoms with Crippen LogP contribution in [0, 0.1) is 20.2 Å². The van der Waals surface area contributed by atoms with Crippen molar-refractivity contribution in [2.45, 2.75) is 6.92 Å². The molecule has 0 aliphatic carbocycles. The number of rotatable bonds is 8. The summed E-state index contributed by atoms with van der Waals surface area (Å²) in [4.78, 5) is 32.9. The van der Waals surface area contributed by atoms with Gasteiger partial charge in [-0.15, -0.1) is 0 Å². The second-order valence-corrected chi connectivity index (χ2v) is 4.95. The molecule has 0 unspecified atom stereocenters. The van der Waals surface area contributed by atoms with Crippen molar-refractivity contribution in [3.8, 4) is 5.75 Å². The number of nitrogens with zero attached hydrogens (tertiary/aromatic N) is 2. The Bertz CT molecular complexity index is 821. The Morgan fingerprint density at radius 1 is 1.12 bits per heavy atom. The molecule has 0 spiro atoms. The van der Waals surface area contributed by atoms with Crippen LogP contribution in [0.2, 0.25) is 0 Å². The van der Waals surface area contributed by atoms with Gasteiger partial charge in [-0.1, -0.05) is 12.1 Å². The Morgan fingerprint density at radius 3 is 2.52 bits per heavy atom. The number of nitro groups is 2. The van der Waals surface area contributed by atoms with Crippen LogP contribution >= 0.6 is 0 Å². The number of carbonyl (C=O) groups is 1. The van der Waals surface area contributed by atoms with Gasteiger partial charge in [0.05, 0.1) is 29.1 Å². The van der Waals surface area contributed by atoms with E-state index in [1.165, 1.54) is 30.3 Å². The van der Waals surface area contributed by atoms with E-state index >= 15 is 0 Å². The molecule has 0 fully saturated rings. The molecule has 0 radical (unpaired) electrons. The van der Waals surface area contributed by atoms with Gasteiger partial charge < -0.3 is 10.1 Å². The number of Topliss-reactive ketones (excluding diaryl/α,β-unsaturated/α-hetero) is 1. The number of non-ortho nitro benzene ring substituents is 1. The summed E-state index contributed by atoms with van der Waals surface area (Å²) in [5, 5.41) is 24.6. The van der Waals surface area contributed by atoms with Crippen molar-refractivity contribution in [3.63, 3.8) is 0 Å². The number of ether oxygens (including phenoxy) is 1. The second kappa shape index (κ2) is 7.86. The molecule has 2 aromatic carbocycles. The molecule has 9 nitrogen and oxygen atoms in total. The number of anilines is 1. The van der Waals surface area contributed by atoms with Crippen LogP contribution in [0.1, 0.15) is 17.3 Å². The number of hydrogen-bond donors (Lipinski definition) is 1. The molecule has 0 atom stereocenters. The van der Waals surface area contributed by atoms with Crippen molar-refractivity contribution in [2.75, 3.05) is 18.5 Å². The van der Waals surface area contributed by atoms with Gasteiger partial charge in [-0.2, -0.15) is 0 Å². The smallest absolute Gasteiger partial charge is 0.296 e. The Labute approximate surface area is 142 Å². The summed E-state index contributed by atoms with van der Waals surface area (Å²) in [5.74, 6) is -0.0726. The van der Waals surface area contributed by atoms with Crippen LogP contribution in [-0.2, 0) is 0 Å². The molecule has 25 heavy (non-hydrogen) atoms. The molecule has 0 amide bonds. The van der Waals surface area contributed by atoms with E-state index in [4.69, 9.17) is 4.74 Å². The van der Waals surface area contributed by atoms with Crippen LogP contribution in [0.15, 0.2) is 42.5 Å². The molecule has 2 rings (SSSR count). The number of hydrogen-bond acceptors (Lipinski definition) is 7. The van der Waals surface area contributed by atoms with Crippen molar-refractivity contribution < 1.29 is 19.4 Å². The third-order valence-corrected chi connectivity index (χ3v) is 3.30. The van der Waals surface area contributed by atoms with E-state index in [1.54, 1.807) is 13.0 Å². The van der Waals surface area contributed by atoms with E-state index < -0.39 is 15.6 Å². The summed E-state index contributed by atoms with van der Waals surface area (Å²) in [6.45, 7) is 1.89. The lowest BCUT2D eigenvalue weighted by Crippen LogP contribution is -2.15. The standard InChI is InChI=1S/C16H15N3O6/c1-2-25-13-6-7-14(15(9-13)19(23)24)17-10-16(20)11-4-3-5-12(8-11)18(21)22/h3-9,17H,2,10H2,1H3. The molecule has 1 N–H and O–H groups in total. The second-order valence-electron chi connectivity index (χ2n) is 4.95. The monoisotopic (exact) mass is 345 g/mol. The third-order valence-electron chi connectivity index (χ3n) is 3.30. The first-order valence-corrected chi connectivity index (χ1v) is 7.35. The van der Waals surface area contributed by atoms with Crippen LogP contribution in [0.4, 0.5) is 17.1 Å². The van der Waals surface area contributed by atoms with E-state index in [2.05, 4.69) is 5.32 Å². The minimum absolute atomic E-state index is 0.148. The summed E-state index contributed by atoms with van der Waals surface area (Å²) in [6, 6.07) is 9.57. The van der Waals surface area contributed by atoms with Crippen LogP contribution in [0.5, 0.6) is 5.75 Å². The van der Waals surface area contributed by atoms with Gasteiger partial charge in [-0.05, 0) is 19.1 Å². The number of ketones is 1. The van der Waals surface area contributed by atoms with E-state index in [9.17, 15) is 25.0 Å². The van der Waals surface area contributed by atoms with Crippen molar-refractivity contribution in [1.82, 2.24) is 0 Å². The first-order chi connectivity index (χ1) is 11.9. The van der Waals surface area contributed by atoms with Gasteiger partial charge in [0.1, 0.15) is 11.4 Å². The predicted molar refractivity (Wildman–Crippen MR) is 90.2 cm³/mol. The zero-order valence-corrected chi connectivity index (χ0v) is 13.3. The minimum Gasteiger partial charge on any atom is -0.494 e. The largest absolute Gasteiger partial charge is 0.494 e. The van der Waals surface area contributed by atoms with Gasteiger partial charge in [0.25, 0.3) is 11.4 Å². The van der Waals surface area contributed by atoms with Gasteiger partial charge >= 0.3 is 0 Å². The number of nitro benzene ring substituents is 2. The maximum Gasteiger partial charge on any atom is 0.296 e. The van der Waals surface area contributed by atoms with E-state index in [1.807, 2.05) is 0 Å². The number of carbonyl (C=O) groups excluding carboxylic acids is 1. The summed E-state index contributed by atoms with van der Waals surface area (Å²) in [6.07, 6.45) is 0. The minimum atomic E-state index is -0.596. The lowest BCUT2D eigenvalue weighted by atomic mass is 10.1. The van der Waals surface area contributed by atoms with E-state index in [0.717, 1.165) is 6.07 Å². The average Bonchev–Trinajstić information content (AvgIpc) is 2.60. The maximum absolute atomic E-state index is 12.2. The molecule has 2 aromatic rings. The van der Waals surface area contributed by atoms with Crippen LogP contribution in [0.3, 0.4) is 0 Å². The first kappa shape index (κ1) is 17.9. The third kappa shape index (κ3) is 4.50. The molecule has 0 aromatic heterocycles. The fraction of sp³-hybridized carbons (Fsp3) is 0.188. The topological polar surface area (TPSA) is 125 Å².